The van der Waals surface area contributed by atoms with Gasteiger partial charge < -0.3 is 15.1 Å². The van der Waals surface area contributed by atoms with E-state index in [0.29, 0.717) is 30.7 Å². The number of hydrogen-bond acceptors (Lipinski definition) is 5. The van der Waals surface area contributed by atoms with Crippen LogP contribution in [0.5, 0.6) is 0 Å². The van der Waals surface area contributed by atoms with Crippen molar-refractivity contribution in [2.24, 2.45) is 5.92 Å². The highest BCUT2D eigenvalue weighted by Gasteiger charge is 2.29. The quantitative estimate of drug-likeness (QED) is 0.868. The molecular formula is C14H15F2N3O2. The van der Waals surface area contributed by atoms with E-state index in [4.69, 9.17) is 0 Å². The van der Waals surface area contributed by atoms with Crippen LogP contribution < -0.4 is 4.90 Å². The molecule has 1 fully saturated rings. The topological polar surface area (TPSA) is 69.5 Å². The van der Waals surface area contributed by atoms with Crippen molar-refractivity contribution in [1.29, 1.82) is 0 Å². The normalized spacial score (nSPS) is 22.8. The summed E-state index contributed by atoms with van der Waals surface area (Å²) in [5, 5.41) is 19.5. The van der Waals surface area contributed by atoms with Gasteiger partial charge in [-0.15, -0.1) is 0 Å². The Kier molecular flexibility index (Phi) is 3.69. The molecule has 7 heteroatoms. The van der Waals surface area contributed by atoms with Crippen LogP contribution in [0.2, 0.25) is 0 Å². The van der Waals surface area contributed by atoms with Gasteiger partial charge in [0.05, 0.1) is 12.7 Å². The molecule has 0 amide bonds. The number of halogens is 2. The highest BCUT2D eigenvalue weighted by molar-refractivity contribution is 5.89. The Morgan fingerprint density at radius 2 is 2.10 bits per heavy atom. The summed E-state index contributed by atoms with van der Waals surface area (Å²) in [6, 6.07) is 2.49. The minimum atomic E-state index is -0.994. The number of fused-ring (bicyclic) bond motifs is 1. The Labute approximate surface area is 119 Å². The highest BCUT2D eigenvalue weighted by atomic mass is 19.2. The molecule has 1 aliphatic rings. The number of aliphatic hydroxyl groups excluding tert-OH is 2. The monoisotopic (exact) mass is 295 g/mol. The molecule has 112 valence electrons. The molecule has 21 heavy (non-hydrogen) atoms. The molecule has 0 bridgehead atoms. The summed E-state index contributed by atoms with van der Waals surface area (Å²) < 4.78 is 27.1. The van der Waals surface area contributed by atoms with Gasteiger partial charge in [-0.3, -0.25) is 0 Å². The lowest BCUT2D eigenvalue weighted by atomic mass is 9.95. The van der Waals surface area contributed by atoms with Crippen molar-refractivity contribution in [3.63, 3.8) is 0 Å². The predicted molar refractivity (Wildman–Crippen MR) is 72.9 cm³/mol. The third-order valence-corrected chi connectivity index (χ3v) is 3.90. The second-order valence-corrected chi connectivity index (χ2v) is 5.20. The van der Waals surface area contributed by atoms with Crippen molar-refractivity contribution >= 4 is 16.7 Å². The van der Waals surface area contributed by atoms with Gasteiger partial charge in [0.2, 0.25) is 0 Å². The Bertz CT molecular complexity index is 668. The summed E-state index contributed by atoms with van der Waals surface area (Å²) in [6.45, 7) is 0.801. The Balaban J connectivity index is 2.03. The van der Waals surface area contributed by atoms with Crippen LogP contribution in [0.15, 0.2) is 18.5 Å². The fraction of sp³-hybridized carbons (Fsp3) is 0.429. The van der Waals surface area contributed by atoms with Gasteiger partial charge in [0.1, 0.15) is 17.7 Å². The summed E-state index contributed by atoms with van der Waals surface area (Å²) >= 11 is 0. The first-order valence-corrected chi connectivity index (χ1v) is 6.74. The molecule has 1 aromatic carbocycles. The summed E-state index contributed by atoms with van der Waals surface area (Å²) in [6.07, 6.45) is 1.12. The van der Waals surface area contributed by atoms with Crippen molar-refractivity contribution in [1.82, 2.24) is 9.97 Å². The summed E-state index contributed by atoms with van der Waals surface area (Å²) in [4.78, 5) is 9.81. The number of piperidine rings is 1. The molecule has 1 saturated heterocycles. The maximum Gasteiger partial charge on any atom is 0.185 e. The van der Waals surface area contributed by atoms with Crippen LogP contribution in [-0.2, 0) is 0 Å². The standard InChI is InChI=1S/C14H15F2N3O2/c15-10-2-1-9-13(12(10)16)17-7-18-14(9)19-4-3-11(21)8(5-19)6-20/h1-2,7-8,11,20-21H,3-6H2. The fourth-order valence-corrected chi connectivity index (χ4v) is 2.70. The molecule has 0 aliphatic carbocycles. The van der Waals surface area contributed by atoms with E-state index in [1.54, 1.807) is 0 Å². The molecule has 1 aromatic heterocycles. The van der Waals surface area contributed by atoms with Gasteiger partial charge >= 0.3 is 0 Å². The first kappa shape index (κ1) is 14.1. The number of aliphatic hydroxyl groups is 2. The largest absolute Gasteiger partial charge is 0.396 e. The number of anilines is 1. The second kappa shape index (κ2) is 5.50. The maximum absolute atomic E-state index is 13.8. The molecule has 2 heterocycles. The summed E-state index contributed by atoms with van der Waals surface area (Å²) in [5.41, 5.74) is -0.0633. The first-order valence-electron chi connectivity index (χ1n) is 6.74. The van der Waals surface area contributed by atoms with E-state index in [9.17, 15) is 19.0 Å². The van der Waals surface area contributed by atoms with Gasteiger partial charge in [0.25, 0.3) is 0 Å². The molecule has 2 aromatic rings. The molecule has 5 nitrogen and oxygen atoms in total. The fourth-order valence-electron chi connectivity index (χ4n) is 2.70. The summed E-state index contributed by atoms with van der Waals surface area (Å²) in [5.74, 6) is -1.74. The van der Waals surface area contributed by atoms with Gasteiger partial charge in [-0.1, -0.05) is 0 Å². The Hall–Kier alpha value is -1.86. The minimum Gasteiger partial charge on any atom is -0.396 e. The lowest BCUT2D eigenvalue weighted by Gasteiger charge is -2.36. The minimum absolute atomic E-state index is 0.0633. The van der Waals surface area contributed by atoms with Crippen molar-refractivity contribution in [3.05, 3.63) is 30.1 Å². The highest BCUT2D eigenvalue weighted by Crippen LogP contribution is 2.29. The molecule has 0 radical (unpaired) electrons. The number of rotatable bonds is 2. The molecule has 0 saturated carbocycles. The van der Waals surface area contributed by atoms with E-state index in [2.05, 4.69) is 9.97 Å². The molecule has 1 aliphatic heterocycles. The van der Waals surface area contributed by atoms with E-state index in [1.165, 1.54) is 12.4 Å². The number of benzene rings is 1. The van der Waals surface area contributed by atoms with Gasteiger partial charge in [-0.25, -0.2) is 18.7 Å². The predicted octanol–water partition coefficient (Wildman–Crippen LogP) is 1.09. The lowest BCUT2D eigenvalue weighted by Crippen LogP contribution is -2.45. The maximum atomic E-state index is 13.8. The second-order valence-electron chi connectivity index (χ2n) is 5.20. The van der Waals surface area contributed by atoms with Crippen molar-refractivity contribution in [2.75, 3.05) is 24.6 Å². The smallest absolute Gasteiger partial charge is 0.185 e. The van der Waals surface area contributed by atoms with Crippen molar-refractivity contribution in [2.45, 2.75) is 12.5 Å². The van der Waals surface area contributed by atoms with E-state index < -0.39 is 17.7 Å². The average molecular weight is 295 g/mol. The van der Waals surface area contributed by atoms with Crippen LogP contribution in [0.1, 0.15) is 6.42 Å². The lowest BCUT2D eigenvalue weighted by molar-refractivity contribution is 0.0524. The molecule has 2 N–H and O–H groups in total. The molecular weight excluding hydrogens is 280 g/mol. The number of aromatic nitrogens is 2. The van der Waals surface area contributed by atoms with Crippen LogP contribution in [0, 0.1) is 17.6 Å². The van der Waals surface area contributed by atoms with E-state index in [0.717, 1.165) is 6.07 Å². The molecule has 0 spiro atoms. The average Bonchev–Trinajstić information content (AvgIpc) is 2.51. The Morgan fingerprint density at radius 3 is 2.86 bits per heavy atom. The van der Waals surface area contributed by atoms with Gasteiger partial charge in [0, 0.05) is 24.4 Å². The zero-order valence-electron chi connectivity index (χ0n) is 11.2. The van der Waals surface area contributed by atoms with Gasteiger partial charge in [-0.2, -0.15) is 0 Å². The molecule has 2 atom stereocenters. The number of nitrogens with zero attached hydrogens (tertiary/aromatic N) is 3. The van der Waals surface area contributed by atoms with Crippen molar-refractivity contribution < 1.29 is 19.0 Å². The summed E-state index contributed by atoms with van der Waals surface area (Å²) in [7, 11) is 0. The van der Waals surface area contributed by atoms with Crippen LogP contribution in [-0.4, -0.2) is 46.0 Å². The van der Waals surface area contributed by atoms with Crippen LogP contribution >= 0.6 is 0 Å². The SMILES string of the molecule is OCC1CN(c2ncnc3c(F)c(F)ccc23)CCC1O. The van der Waals surface area contributed by atoms with E-state index >= 15 is 0 Å². The first-order chi connectivity index (χ1) is 10.1. The van der Waals surface area contributed by atoms with Crippen molar-refractivity contribution in [3.8, 4) is 0 Å². The third-order valence-electron chi connectivity index (χ3n) is 3.90. The van der Waals surface area contributed by atoms with Crippen LogP contribution in [0.4, 0.5) is 14.6 Å². The third kappa shape index (κ3) is 2.43. The Morgan fingerprint density at radius 1 is 1.29 bits per heavy atom. The zero-order chi connectivity index (χ0) is 15.0. The van der Waals surface area contributed by atoms with E-state index in [1.807, 2.05) is 4.90 Å². The van der Waals surface area contributed by atoms with Gasteiger partial charge in [0.15, 0.2) is 11.6 Å². The van der Waals surface area contributed by atoms with Gasteiger partial charge in [-0.05, 0) is 18.6 Å². The number of hydrogen-bond donors (Lipinski definition) is 2. The molecule has 3 rings (SSSR count). The van der Waals surface area contributed by atoms with Crippen LogP contribution in [0.3, 0.4) is 0 Å². The molecule has 2 unspecified atom stereocenters. The van der Waals surface area contributed by atoms with Crippen LogP contribution in [0.25, 0.3) is 10.9 Å². The zero-order valence-corrected chi connectivity index (χ0v) is 11.2. The van der Waals surface area contributed by atoms with E-state index in [-0.39, 0.29) is 18.0 Å².